The number of nitrogens with two attached hydrogens (primary N) is 1. The van der Waals surface area contributed by atoms with Gasteiger partial charge in [0.15, 0.2) is 0 Å². The van der Waals surface area contributed by atoms with Gasteiger partial charge in [-0.15, -0.1) is 0 Å². The molecule has 3 heteroatoms. The Bertz CT molecular complexity index is 1310. The average molecular weight is 471 g/mol. The summed E-state index contributed by atoms with van der Waals surface area (Å²) in [5.74, 6) is 1.10. The van der Waals surface area contributed by atoms with Gasteiger partial charge in [-0.2, -0.15) is 0 Å². The van der Waals surface area contributed by atoms with Crippen LogP contribution in [-0.2, 0) is 11.2 Å². The SMILES string of the molecule is C=C(C)/C=c1/[nH]c(CC)c(C)c1=C(C)C.Cc1ccc2ccccc2c1.NC1(C=O)C2CCCC21. The number of carbonyl (C=O) groups excluding carboxylic acids is 1. The molecule has 2 fully saturated rings. The van der Waals surface area contributed by atoms with Crippen LogP contribution in [0.4, 0.5) is 0 Å². The Morgan fingerprint density at radius 3 is 2.23 bits per heavy atom. The molecule has 2 atom stereocenters. The number of aromatic nitrogens is 1. The molecule has 0 amide bonds. The van der Waals surface area contributed by atoms with Crippen LogP contribution < -0.4 is 16.3 Å². The van der Waals surface area contributed by atoms with E-state index in [1.807, 2.05) is 6.92 Å². The van der Waals surface area contributed by atoms with Gasteiger partial charge in [-0.3, -0.25) is 0 Å². The van der Waals surface area contributed by atoms with Crippen molar-refractivity contribution < 1.29 is 4.79 Å². The lowest BCUT2D eigenvalue weighted by molar-refractivity contribution is -0.110. The van der Waals surface area contributed by atoms with Crippen LogP contribution in [0, 0.1) is 25.7 Å². The van der Waals surface area contributed by atoms with Crippen molar-refractivity contribution in [2.75, 3.05) is 0 Å². The van der Waals surface area contributed by atoms with Gasteiger partial charge in [-0.1, -0.05) is 79.1 Å². The summed E-state index contributed by atoms with van der Waals surface area (Å²) in [5.41, 5.74) is 11.8. The summed E-state index contributed by atoms with van der Waals surface area (Å²) in [6, 6.07) is 14.9. The zero-order chi connectivity index (χ0) is 25.8. The van der Waals surface area contributed by atoms with Crippen molar-refractivity contribution in [3.63, 3.8) is 0 Å². The zero-order valence-electron chi connectivity index (χ0n) is 22.4. The molecule has 0 bridgehead atoms. The standard InChI is InChI=1S/C14H21N.C11H10.C7H11NO/c1-7-12-11(6)14(10(4)5)13(15-12)8-9(2)3;1-9-6-7-10-4-2-3-5-11(10)8-9;8-7(4-9)5-2-1-3-6(5)7/h8,15H,2,7H2,1,3-6H3;2-8H,1H3;4-6H,1-3,8H2/b13-8+;;. The fourth-order valence-electron chi connectivity index (χ4n) is 5.56. The first-order valence-corrected chi connectivity index (χ1v) is 12.8. The minimum atomic E-state index is -0.377. The van der Waals surface area contributed by atoms with E-state index in [4.69, 9.17) is 5.73 Å². The second-order valence-corrected chi connectivity index (χ2v) is 10.5. The van der Waals surface area contributed by atoms with Crippen molar-refractivity contribution in [2.45, 2.75) is 72.8 Å². The monoisotopic (exact) mass is 470 g/mol. The van der Waals surface area contributed by atoms with Crippen LogP contribution in [0.25, 0.3) is 22.4 Å². The maximum Gasteiger partial charge on any atom is 0.140 e. The van der Waals surface area contributed by atoms with E-state index in [9.17, 15) is 4.79 Å². The second kappa shape index (κ2) is 11.2. The second-order valence-electron chi connectivity index (χ2n) is 10.5. The molecule has 0 saturated heterocycles. The van der Waals surface area contributed by atoms with Crippen LogP contribution >= 0.6 is 0 Å². The summed E-state index contributed by atoms with van der Waals surface area (Å²) in [6.07, 6.45) is 7.76. The summed E-state index contributed by atoms with van der Waals surface area (Å²) in [7, 11) is 0. The number of fused-ring (bicyclic) bond motifs is 2. The topological polar surface area (TPSA) is 58.9 Å². The first-order valence-electron chi connectivity index (χ1n) is 12.8. The maximum absolute atomic E-state index is 10.4. The third kappa shape index (κ3) is 6.02. The number of aryl methyl sites for hydroxylation is 2. The van der Waals surface area contributed by atoms with Gasteiger partial charge in [0.2, 0.25) is 0 Å². The third-order valence-corrected chi connectivity index (χ3v) is 7.43. The van der Waals surface area contributed by atoms with E-state index in [1.54, 1.807) is 0 Å². The molecular formula is C32H42N2O. The van der Waals surface area contributed by atoms with Gasteiger partial charge in [-0.25, -0.2) is 0 Å². The van der Waals surface area contributed by atoms with Gasteiger partial charge in [0.05, 0.1) is 5.54 Å². The Labute approximate surface area is 210 Å². The molecule has 0 radical (unpaired) electrons. The van der Waals surface area contributed by atoms with E-state index in [0.29, 0.717) is 11.8 Å². The Kier molecular flexibility index (Phi) is 8.56. The summed E-state index contributed by atoms with van der Waals surface area (Å²) in [4.78, 5) is 13.9. The van der Waals surface area contributed by atoms with Crippen LogP contribution in [0.3, 0.4) is 0 Å². The van der Waals surface area contributed by atoms with Crippen LogP contribution in [-0.4, -0.2) is 16.8 Å². The van der Waals surface area contributed by atoms with Crippen molar-refractivity contribution in [1.29, 1.82) is 0 Å². The van der Waals surface area contributed by atoms with E-state index < -0.39 is 0 Å². The molecule has 0 aliphatic heterocycles. The highest BCUT2D eigenvalue weighted by molar-refractivity contribution is 5.82. The van der Waals surface area contributed by atoms with E-state index in [-0.39, 0.29) is 5.54 Å². The summed E-state index contributed by atoms with van der Waals surface area (Å²) >= 11 is 0. The molecule has 3 N–H and O–H groups in total. The first-order chi connectivity index (χ1) is 16.6. The van der Waals surface area contributed by atoms with E-state index >= 15 is 0 Å². The van der Waals surface area contributed by atoms with Gasteiger partial charge in [0.1, 0.15) is 6.29 Å². The predicted molar refractivity (Wildman–Crippen MR) is 151 cm³/mol. The largest absolute Gasteiger partial charge is 0.358 e. The fourth-order valence-corrected chi connectivity index (χ4v) is 5.56. The molecule has 2 aliphatic rings. The molecule has 186 valence electrons. The Morgan fingerprint density at radius 1 is 1.09 bits per heavy atom. The summed E-state index contributed by atoms with van der Waals surface area (Å²) in [5, 5.41) is 5.21. The maximum atomic E-state index is 10.4. The number of rotatable bonds is 3. The number of benzene rings is 2. The van der Waals surface area contributed by atoms with Gasteiger partial charge < -0.3 is 15.5 Å². The Morgan fingerprint density at radius 2 is 1.71 bits per heavy atom. The molecule has 2 aromatic carbocycles. The average Bonchev–Trinajstić information content (AvgIpc) is 3.16. The zero-order valence-corrected chi connectivity index (χ0v) is 22.4. The van der Waals surface area contributed by atoms with E-state index in [0.717, 1.165) is 18.3 Å². The number of hydrogen-bond donors (Lipinski definition) is 2. The van der Waals surface area contributed by atoms with Gasteiger partial charge >= 0.3 is 0 Å². The number of carbonyl (C=O) groups is 1. The van der Waals surface area contributed by atoms with Gasteiger partial charge in [0.25, 0.3) is 0 Å². The highest BCUT2D eigenvalue weighted by atomic mass is 16.1. The molecule has 1 aromatic heterocycles. The normalized spacial score (nSPS) is 22.4. The fraction of sp³-hybridized carbons (Fsp3) is 0.406. The number of aldehydes is 1. The lowest BCUT2D eigenvalue weighted by Gasteiger charge is -2.03. The van der Waals surface area contributed by atoms with Crippen LogP contribution in [0.1, 0.15) is 63.8 Å². The van der Waals surface area contributed by atoms with E-state index in [1.165, 1.54) is 63.0 Å². The molecule has 3 aromatic rings. The van der Waals surface area contributed by atoms with Gasteiger partial charge in [0, 0.05) is 16.3 Å². The smallest absolute Gasteiger partial charge is 0.140 e. The molecule has 3 nitrogen and oxygen atoms in total. The summed E-state index contributed by atoms with van der Waals surface area (Å²) in [6.45, 7) is 16.8. The third-order valence-electron chi connectivity index (χ3n) is 7.43. The van der Waals surface area contributed by atoms with Crippen molar-refractivity contribution >= 4 is 28.7 Å². The quantitative estimate of drug-likeness (QED) is 0.469. The molecule has 1 heterocycles. The number of aromatic amines is 1. The van der Waals surface area contributed by atoms with E-state index in [2.05, 4.69) is 94.7 Å². The molecule has 35 heavy (non-hydrogen) atoms. The highest BCUT2D eigenvalue weighted by Crippen LogP contribution is 2.57. The molecule has 2 unspecified atom stereocenters. The summed E-state index contributed by atoms with van der Waals surface area (Å²) < 4.78 is 0. The number of hydrogen-bond acceptors (Lipinski definition) is 2. The molecule has 5 rings (SSSR count). The van der Waals surface area contributed by atoms with Crippen LogP contribution in [0.15, 0.2) is 54.6 Å². The minimum absolute atomic E-state index is 0.377. The Hall–Kier alpha value is -2.91. The number of nitrogens with one attached hydrogen (secondary N) is 1. The number of allylic oxidation sites excluding steroid dienone is 1. The van der Waals surface area contributed by atoms with Crippen molar-refractivity contribution in [1.82, 2.24) is 4.98 Å². The van der Waals surface area contributed by atoms with Crippen molar-refractivity contribution in [3.8, 4) is 0 Å². The van der Waals surface area contributed by atoms with Crippen LogP contribution in [0.2, 0.25) is 0 Å². The van der Waals surface area contributed by atoms with Crippen LogP contribution in [0.5, 0.6) is 0 Å². The van der Waals surface area contributed by atoms with Crippen molar-refractivity contribution in [2.24, 2.45) is 17.6 Å². The lowest BCUT2D eigenvalue weighted by atomic mass is 10.1. The molecule has 2 saturated carbocycles. The molecule has 0 spiro atoms. The predicted octanol–water partition coefficient (Wildman–Crippen LogP) is 5.89. The lowest BCUT2D eigenvalue weighted by Crippen LogP contribution is -2.29. The Balaban J connectivity index is 0.000000151. The van der Waals surface area contributed by atoms with Gasteiger partial charge in [-0.05, 0) is 88.1 Å². The highest BCUT2D eigenvalue weighted by Gasteiger charge is 2.63. The first kappa shape index (κ1) is 26.7. The minimum Gasteiger partial charge on any atom is -0.358 e. The molecular weight excluding hydrogens is 428 g/mol. The molecule has 2 aliphatic carbocycles. The number of H-pyrrole nitrogens is 1. The van der Waals surface area contributed by atoms with Crippen molar-refractivity contribution in [3.05, 3.63) is 82.0 Å².